The van der Waals surface area contributed by atoms with Crippen LogP contribution < -0.4 is 14.2 Å². The van der Waals surface area contributed by atoms with Crippen molar-refractivity contribution >= 4 is 35.3 Å². The van der Waals surface area contributed by atoms with Gasteiger partial charge >= 0.3 is 6.18 Å². The van der Waals surface area contributed by atoms with Crippen LogP contribution in [0.15, 0.2) is 36.4 Å². The van der Waals surface area contributed by atoms with E-state index in [9.17, 15) is 13.2 Å². The second-order valence-electron chi connectivity index (χ2n) is 4.93. The second-order valence-corrected chi connectivity index (χ2v) is 6.15. The molecule has 0 heterocycles. The van der Waals surface area contributed by atoms with Crippen molar-refractivity contribution in [2.75, 3.05) is 22.0 Å². The summed E-state index contributed by atoms with van der Waals surface area (Å²) in [5.74, 6) is 0.865. The first kappa shape index (κ1) is 18.7. The second kappa shape index (κ2) is 7.94. The van der Waals surface area contributed by atoms with Gasteiger partial charge < -0.3 is 14.2 Å². The maximum atomic E-state index is 13.1. The van der Waals surface area contributed by atoms with Gasteiger partial charge in [-0.2, -0.15) is 13.2 Å². The van der Waals surface area contributed by atoms with Crippen LogP contribution in [-0.4, -0.2) is 12.5 Å². The van der Waals surface area contributed by atoms with Gasteiger partial charge in [-0.1, -0.05) is 41.6 Å². The molecule has 0 bridgehead atoms. The van der Waals surface area contributed by atoms with Crippen LogP contribution in [0.5, 0.6) is 11.5 Å². The van der Waals surface area contributed by atoms with Gasteiger partial charge in [-0.05, 0) is 31.2 Å². The van der Waals surface area contributed by atoms with Gasteiger partial charge in [0.2, 0.25) is 0 Å². The minimum Gasteiger partial charge on any atom is -0.453 e. The van der Waals surface area contributed by atoms with Gasteiger partial charge in [-0.15, -0.1) is 0 Å². The zero-order valence-electron chi connectivity index (χ0n) is 13.3. The highest BCUT2D eigenvalue weighted by molar-refractivity contribution is 8.00. The van der Waals surface area contributed by atoms with E-state index in [1.54, 1.807) is 24.6 Å². The molecular weight excluding hydrogens is 357 g/mol. The van der Waals surface area contributed by atoms with Crippen LogP contribution in [-0.2, 0) is 6.18 Å². The molecule has 0 atom stereocenters. The minimum absolute atomic E-state index is 0.259. The zero-order chi connectivity index (χ0) is 17.7. The van der Waals surface area contributed by atoms with Crippen LogP contribution in [0.3, 0.4) is 0 Å². The Morgan fingerprint density at radius 3 is 1.83 bits per heavy atom. The molecule has 2 N–H and O–H groups in total. The number of nitrogens with one attached hydrogen (secondary N) is 2. The van der Waals surface area contributed by atoms with E-state index in [0.717, 1.165) is 17.7 Å². The maximum absolute atomic E-state index is 13.1. The summed E-state index contributed by atoms with van der Waals surface area (Å²) in [5, 5.41) is 0. The highest BCUT2D eigenvalue weighted by atomic mass is 32.2. The molecule has 130 valence electrons. The van der Waals surface area contributed by atoms with Gasteiger partial charge in [0.15, 0.2) is 5.75 Å². The van der Waals surface area contributed by atoms with E-state index >= 15 is 0 Å². The van der Waals surface area contributed by atoms with Crippen LogP contribution >= 0.6 is 23.9 Å². The van der Waals surface area contributed by atoms with Crippen LogP contribution in [0.1, 0.15) is 11.1 Å². The van der Waals surface area contributed by atoms with Crippen molar-refractivity contribution in [2.24, 2.45) is 0 Å². The molecule has 0 saturated carbocycles. The molecule has 0 spiro atoms. The first-order valence-electron chi connectivity index (χ1n) is 6.93. The van der Waals surface area contributed by atoms with Crippen molar-refractivity contribution in [1.29, 1.82) is 0 Å². The number of hydrogen-bond donors (Lipinski definition) is 2. The number of hydrogen-bond acceptors (Lipinski definition) is 5. The van der Waals surface area contributed by atoms with Crippen molar-refractivity contribution in [3.63, 3.8) is 0 Å². The molecule has 0 aliphatic carbocycles. The number of rotatable bonds is 6. The SMILES string of the molecule is CSNc1cc(C(F)(F)F)cc(NSC)c1Oc1ccc(C)cc1. The molecule has 24 heavy (non-hydrogen) atoms. The summed E-state index contributed by atoms with van der Waals surface area (Å²) in [7, 11) is 0. The molecule has 0 saturated heterocycles. The lowest BCUT2D eigenvalue weighted by Crippen LogP contribution is -2.07. The van der Waals surface area contributed by atoms with E-state index in [-0.39, 0.29) is 11.4 Å². The van der Waals surface area contributed by atoms with E-state index in [2.05, 4.69) is 9.44 Å². The maximum Gasteiger partial charge on any atom is 0.416 e. The Hall–Kier alpha value is -1.67. The molecule has 0 fully saturated rings. The third-order valence-corrected chi connectivity index (χ3v) is 3.93. The molecule has 0 aromatic heterocycles. The number of aryl methyl sites for hydroxylation is 1. The fraction of sp³-hybridized carbons (Fsp3) is 0.250. The van der Waals surface area contributed by atoms with Gasteiger partial charge in [-0.3, -0.25) is 0 Å². The molecule has 2 rings (SSSR count). The van der Waals surface area contributed by atoms with Crippen LogP contribution in [0.4, 0.5) is 24.5 Å². The smallest absolute Gasteiger partial charge is 0.416 e. The van der Waals surface area contributed by atoms with Gasteiger partial charge in [0.05, 0.1) is 16.9 Å². The largest absolute Gasteiger partial charge is 0.453 e. The monoisotopic (exact) mass is 374 g/mol. The summed E-state index contributed by atoms with van der Waals surface area (Å²) < 4.78 is 50.9. The number of benzene rings is 2. The van der Waals surface area contributed by atoms with E-state index < -0.39 is 11.7 Å². The molecule has 0 amide bonds. The minimum atomic E-state index is -4.44. The first-order valence-corrected chi connectivity index (χ1v) is 9.38. The highest BCUT2D eigenvalue weighted by Crippen LogP contribution is 2.43. The summed E-state index contributed by atoms with van der Waals surface area (Å²) >= 11 is 2.39. The molecule has 0 unspecified atom stereocenters. The van der Waals surface area contributed by atoms with Gasteiger partial charge in [0.25, 0.3) is 0 Å². The Morgan fingerprint density at radius 1 is 0.917 bits per heavy atom. The van der Waals surface area contributed by atoms with Crippen molar-refractivity contribution in [1.82, 2.24) is 0 Å². The lowest BCUT2D eigenvalue weighted by Gasteiger charge is -2.19. The molecule has 0 aliphatic rings. The third-order valence-electron chi connectivity index (χ3n) is 3.08. The average Bonchev–Trinajstić information content (AvgIpc) is 2.51. The predicted molar refractivity (Wildman–Crippen MR) is 97.0 cm³/mol. The van der Waals surface area contributed by atoms with Crippen LogP contribution in [0.25, 0.3) is 0 Å². The normalized spacial score (nSPS) is 11.2. The number of anilines is 2. The lowest BCUT2D eigenvalue weighted by atomic mass is 10.1. The average molecular weight is 374 g/mol. The van der Waals surface area contributed by atoms with Crippen LogP contribution in [0, 0.1) is 6.92 Å². The topological polar surface area (TPSA) is 33.3 Å². The van der Waals surface area contributed by atoms with E-state index in [0.29, 0.717) is 11.5 Å². The zero-order valence-corrected chi connectivity index (χ0v) is 15.0. The summed E-state index contributed by atoms with van der Waals surface area (Å²) in [4.78, 5) is 0. The van der Waals surface area contributed by atoms with Gasteiger partial charge in [0.1, 0.15) is 5.75 Å². The molecule has 8 heteroatoms. The van der Waals surface area contributed by atoms with E-state index in [1.807, 2.05) is 19.1 Å². The Labute approximate surface area is 147 Å². The van der Waals surface area contributed by atoms with Crippen molar-refractivity contribution < 1.29 is 17.9 Å². The summed E-state index contributed by atoms with van der Waals surface area (Å²) in [6, 6.07) is 9.40. The molecule has 3 nitrogen and oxygen atoms in total. The standard InChI is InChI=1S/C16H17F3N2OS2/c1-10-4-6-12(7-5-10)22-15-13(20-23-2)8-11(16(17,18)19)9-14(15)21-24-3/h4-9,20-21H,1-3H3. The highest BCUT2D eigenvalue weighted by Gasteiger charge is 2.32. The summed E-state index contributed by atoms with van der Waals surface area (Å²) in [6.07, 6.45) is -0.971. The molecular formula is C16H17F3N2OS2. The Bertz CT molecular complexity index is 664. The Morgan fingerprint density at radius 2 is 1.42 bits per heavy atom. The summed E-state index contributed by atoms with van der Waals surface area (Å²) in [6.45, 7) is 1.95. The van der Waals surface area contributed by atoms with E-state index in [4.69, 9.17) is 4.74 Å². The fourth-order valence-electron chi connectivity index (χ4n) is 2.00. The van der Waals surface area contributed by atoms with Gasteiger partial charge in [0, 0.05) is 12.5 Å². The third kappa shape index (κ3) is 4.67. The Kier molecular flexibility index (Phi) is 6.17. The number of ether oxygens (including phenoxy) is 1. The van der Waals surface area contributed by atoms with Crippen molar-refractivity contribution in [3.8, 4) is 11.5 Å². The van der Waals surface area contributed by atoms with Crippen molar-refractivity contribution in [3.05, 3.63) is 47.5 Å². The Balaban J connectivity index is 2.51. The fourth-order valence-corrected chi connectivity index (χ4v) is 2.74. The number of alkyl halides is 3. The quantitative estimate of drug-likeness (QED) is 0.590. The molecule has 2 aromatic rings. The first-order chi connectivity index (χ1) is 11.3. The van der Waals surface area contributed by atoms with Gasteiger partial charge in [-0.25, -0.2) is 0 Å². The number of halogens is 3. The van der Waals surface area contributed by atoms with E-state index in [1.165, 1.54) is 23.9 Å². The van der Waals surface area contributed by atoms with Crippen LogP contribution in [0.2, 0.25) is 0 Å². The summed E-state index contributed by atoms with van der Waals surface area (Å²) in [5.41, 5.74) is 0.843. The lowest BCUT2D eigenvalue weighted by molar-refractivity contribution is -0.137. The van der Waals surface area contributed by atoms with Crippen molar-refractivity contribution in [2.45, 2.75) is 13.1 Å². The predicted octanol–water partition coefficient (Wildman–Crippen LogP) is 6.19. The molecule has 0 radical (unpaired) electrons. The molecule has 2 aromatic carbocycles. The molecule has 0 aliphatic heterocycles.